The minimum absolute atomic E-state index is 0.460. The van der Waals surface area contributed by atoms with Crippen LogP contribution in [0.25, 0.3) is 0 Å². The third-order valence-corrected chi connectivity index (χ3v) is 2.12. The third kappa shape index (κ3) is 3.97. The van der Waals surface area contributed by atoms with E-state index in [0.717, 1.165) is 12.0 Å². The molecule has 0 amide bonds. The molecule has 0 radical (unpaired) electrons. The van der Waals surface area contributed by atoms with E-state index in [9.17, 15) is 5.11 Å². The Balaban J connectivity index is 0.000000671. The van der Waals surface area contributed by atoms with Gasteiger partial charge < -0.3 is 5.11 Å². The molecule has 0 heterocycles. The molecule has 2 unspecified atom stereocenters. The van der Waals surface area contributed by atoms with Gasteiger partial charge in [-0.05, 0) is 36.8 Å². The van der Waals surface area contributed by atoms with E-state index in [1.807, 2.05) is 13.0 Å². The van der Waals surface area contributed by atoms with Crippen LogP contribution in [0.15, 0.2) is 36.6 Å². The Morgan fingerprint density at radius 3 is 2.23 bits per heavy atom. The molecule has 0 aromatic heterocycles. The quantitative estimate of drug-likeness (QED) is 0.561. The highest BCUT2D eigenvalue weighted by Crippen LogP contribution is 2.23. The summed E-state index contributed by atoms with van der Waals surface area (Å²) in [5.74, 6) is 1.55. The average molecular weight is 180 g/mol. The molecule has 0 bridgehead atoms. The molecule has 0 saturated carbocycles. The van der Waals surface area contributed by atoms with Crippen LogP contribution in [0, 0.1) is 11.8 Å². The fourth-order valence-electron chi connectivity index (χ4n) is 1.64. The van der Waals surface area contributed by atoms with Gasteiger partial charge in [0, 0.05) is 0 Å². The van der Waals surface area contributed by atoms with E-state index < -0.39 is 0 Å². The van der Waals surface area contributed by atoms with Crippen LogP contribution in [0.1, 0.15) is 27.2 Å². The van der Waals surface area contributed by atoms with Gasteiger partial charge in [0.05, 0.1) is 0 Å². The molecule has 0 spiro atoms. The Morgan fingerprint density at radius 1 is 1.23 bits per heavy atom. The zero-order valence-electron chi connectivity index (χ0n) is 8.88. The highest BCUT2D eigenvalue weighted by Gasteiger charge is 2.11. The molecule has 1 aliphatic rings. The summed E-state index contributed by atoms with van der Waals surface area (Å²) in [7, 11) is 0. The number of hydrogen-bond donors (Lipinski definition) is 1. The van der Waals surface area contributed by atoms with Crippen molar-refractivity contribution in [3.63, 3.8) is 0 Å². The van der Waals surface area contributed by atoms with Crippen molar-refractivity contribution in [2.24, 2.45) is 11.8 Å². The summed E-state index contributed by atoms with van der Waals surface area (Å²) in [6.07, 6.45) is 5.21. The topological polar surface area (TPSA) is 20.2 Å². The first kappa shape index (κ1) is 12.0. The van der Waals surface area contributed by atoms with E-state index in [4.69, 9.17) is 0 Å². The van der Waals surface area contributed by atoms with Crippen molar-refractivity contribution in [1.29, 1.82) is 0 Å². The van der Waals surface area contributed by atoms with Crippen LogP contribution in [0.5, 0.6) is 0 Å². The largest absolute Gasteiger partial charge is 0.508 e. The summed E-state index contributed by atoms with van der Waals surface area (Å²) < 4.78 is 0. The average Bonchev–Trinajstić information content (AvgIpc) is 2.15. The van der Waals surface area contributed by atoms with Gasteiger partial charge in [0.25, 0.3) is 0 Å². The van der Waals surface area contributed by atoms with Crippen LogP contribution in [-0.4, -0.2) is 5.11 Å². The van der Waals surface area contributed by atoms with Crippen LogP contribution >= 0.6 is 0 Å². The Hall–Kier alpha value is -0.980. The van der Waals surface area contributed by atoms with E-state index >= 15 is 0 Å². The van der Waals surface area contributed by atoms with E-state index in [1.165, 1.54) is 0 Å². The second kappa shape index (κ2) is 5.63. The summed E-state index contributed by atoms with van der Waals surface area (Å²) in [5.41, 5.74) is 1.02. The molecule has 0 aliphatic heterocycles. The number of aliphatic hydroxyl groups excluding tert-OH is 1. The maximum Gasteiger partial charge on any atom is 0.114 e. The highest BCUT2D eigenvalue weighted by molar-refractivity contribution is 5.25. The lowest BCUT2D eigenvalue weighted by Crippen LogP contribution is -1.95. The smallest absolute Gasteiger partial charge is 0.114 e. The maximum atomic E-state index is 9.44. The van der Waals surface area contributed by atoms with Crippen LogP contribution in [0.4, 0.5) is 0 Å². The molecule has 1 nitrogen and oxygen atoms in total. The summed E-state index contributed by atoms with van der Waals surface area (Å²) in [4.78, 5) is 0. The Labute approximate surface area is 81.5 Å². The monoisotopic (exact) mass is 180 g/mol. The van der Waals surface area contributed by atoms with Gasteiger partial charge in [-0.1, -0.05) is 19.9 Å². The fraction of sp³-hybridized carbons (Fsp3) is 0.500. The van der Waals surface area contributed by atoms with Gasteiger partial charge in [-0.15, -0.1) is 13.2 Å². The third-order valence-electron chi connectivity index (χ3n) is 2.12. The molecule has 0 aromatic carbocycles. The predicted octanol–water partition coefficient (Wildman–Crippen LogP) is 3.85. The second-order valence-corrected chi connectivity index (χ2v) is 3.59. The lowest BCUT2D eigenvalue weighted by Gasteiger charge is -2.06. The van der Waals surface area contributed by atoms with Crippen molar-refractivity contribution in [3.8, 4) is 0 Å². The first-order valence-electron chi connectivity index (χ1n) is 4.69. The summed E-state index contributed by atoms with van der Waals surface area (Å²) >= 11 is 0. The molecular weight excluding hydrogens is 160 g/mol. The second-order valence-electron chi connectivity index (χ2n) is 3.59. The van der Waals surface area contributed by atoms with Crippen molar-refractivity contribution in [2.75, 3.05) is 0 Å². The van der Waals surface area contributed by atoms with Gasteiger partial charge in [0.15, 0.2) is 0 Å². The standard InChI is InChI=1S/C10H16O.C2H4/c1-7-4-8(2)6-10(11)9(3)5-7;1-2/h5-8,11H,4H2,1-3H3;1-2H2. The minimum Gasteiger partial charge on any atom is -0.508 e. The molecule has 13 heavy (non-hydrogen) atoms. The van der Waals surface area contributed by atoms with Gasteiger partial charge in [-0.25, -0.2) is 0 Å². The van der Waals surface area contributed by atoms with Crippen molar-refractivity contribution in [1.82, 2.24) is 0 Å². The van der Waals surface area contributed by atoms with Crippen molar-refractivity contribution < 1.29 is 5.11 Å². The summed E-state index contributed by atoms with van der Waals surface area (Å²) in [6.45, 7) is 12.3. The first-order valence-corrected chi connectivity index (χ1v) is 4.69. The van der Waals surface area contributed by atoms with Gasteiger partial charge in [0.1, 0.15) is 5.76 Å². The lowest BCUT2D eigenvalue weighted by molar-refractivity contribution is 0.416. The summed E-state index contributed by atoms with van der Waals surface area (Å²) in [5, 5.41) is 9.44. The predicted molar refractivity (Wildman–Crippen MR) is 58.7 cm³/mol. The zero-order chi connectivity index (χ0) is 10.4. The fourth-order valence-corrected chi connectivity index (χ4v) is 1.64. The maximum absolute atomic E-state index is 9.44. The molecule has 1 aliphatic carbocycles. The van der Waals surface area contributed by atoms with Crippen LogP contribution in [-0.2, 0) is 0 Å². The molecule has 1 N–H and O–H groups in total. The van der Waals surface area contributed by atoms with Crippen molar-refractivity contribution in [3.05, 3.63) is 36.6 Å². The van der Waals surface area contributed by atoms with Crippen LogP contribution in [0.3, 0.4) is 0 Å². The molecule has 2 atom stereocenters. The Kier molecular flexibility index (Phi) is 5.20. The van der Waals surface area contributed by atoms with Gasteiger partial charge in [-0.3, -0.25) is 0 Å². The number of hydrogen-bond acceptors (Lipinski definition) is 1. The number of allylic oxidation sites excluding steroid dienone is 3. The molecule has 0 saturated heterocycles. The normalized spacial score (nSPS) is 27.6. The SMILES string of the molecule is C=C.CC1=CC(C)CC(C)C=C1O. The molecule has 0 aromatic rings. The van der Waals surface area contributed by atoms with Gasteiger partial charge >= 0.3 is 0 Å². The minimum atomic E-state index is 0.460. The van der Waals surface area contributed by atoms with Gasteiger partial charge in [-0.2, -0.15) is 0 Å². The molecule has 0 fully saturated rings. The molecule has 1 heteroatoms. The lowest BCUT2D eigenvalue weighted by atomic mass is 9.99. The van der Waals surface area contributed by atoms with E-state index in [0.29, 0.717) is 17.6 Å². The van der Waals surface area contributed by atoms with Crippen LogP contribution in [0.2, 0.25) is 0 Å². The molecular formula is C12H20O. The van der Waals surface area contributed by atoms with Crippen molar-refractivity contribution >= 4 is 0 Å². The first-order chi connectivity index (χ1) is 6.09. The van der Waals surface area contributed by atoms with Crippen molar-refractivity contribution in [2.45, 2.75) is 27.2 Å². The Bertz CT molecular complexity index is 191. The van der Waals surface area contributed by atoms with Gasteiger partial charge in [0.2, 0.25) is 0 Å². The number of rotatable bonds is 0. The summed E-state index contributed by atoms with van der Waals surface area (Å²) in [6, 6.07) is 0. The van der Waals surface area contributed by atoms with Crippen LogP contribution < -0.4 is 0 Å². The van der Waals surface area contributed by atoms with E-state index in [1.54, 1.807) is 0 Å². The van der Waals surface area contributed by atoms with E-state index in [2.05, 4.69) is 33.1 Å². The number of aliphatic hydroxyl groups is 1. The zero-order valence-corrected chi connectivity index (χ0v) is 8.88. The van der Waals surface area contributed by atoms with E-state index in [-0.39, 0.29) is 0 Å². The highest BCUT2D eigenvalue weighted by atomic mass is 16.3. The Morgan fingerprint density at radius 2 is 1.69 bits per heavy atom. The molecule has 1 rings (SSSR count). The molecule has 74 valence electrons.